The van der Waals surface area contributed by atoms with E-state index in [2.05, 4.69) is 10.00 Å². The number of anilines is 2. The van der Waals surface area contributed by atoms with E-state index in [-0.39, 0.29) is 12.2 Å². The number of fused-ring (bicyclic) bond motifs is 2. The van der Waals surface area contributed by atoms with Crippen LogP contribution >= 0.6 is 11.6 Å². The first-order valence-electron chi connectivity index (χ1n) is 13.0. The molecule has 0 bridgehead atoms. The highest BCUT2D eigenvalue weighted by atomic mass is 35.5. The Kier molecular flexibility index (Phi) is 7.33. The van der Waals surface area contributed by atoms with Crippen LogP contribution in [-0.4, -0.2) is 40.0 Å². The van der Waals surface area contributed by atoms with Crippen LogP contribution in [-0.2, 0) is 42.6 Å². The Morgan fingerprint density at radius 3 is 2.56 bits per heavy atom. The normalized spacial score (nSPS) is 15.1. The second-order valence-corrected chi connectivity index (χ2v) is 11.6. The van der Waals surface area contributed by atoms with Gasteiger partial charge in [0.15, 0.2) is 0 Å². The second kappa shape index (κ2) is 10.4. The number of methoxy groups -OCH3 is 1. The van der Waals surface area contributed by atoms with Crippen LogP contribution in [0.2, 0.25) is 5.02 Å². The Labute approximate surface area is 232 Å². The number of amides is 1. The van der Waals surface area contributed by atoms with E-state index >= 15 is 0 Å². The van der Waals surface area contributed by atoms with Crippen molar-refractivity contribution in [1.82, 2.24) is 14.7 Å². The van der Waals surface area contributed by atoms with Crippen molar-refractivity contribution in [2.24, 2.45) is 7.05 Å². The number of hydrogen-bond acceptors (Lipinski definition) is 5. The van der Waals surface area contributed by atoms with Crippen molar-refractivity contribution >= 4 is 29.1 Å². The molecule has 7 nitrogen and oxygen atoms in total. The van der Waals surface area contributed by atoms with Crippen LogP contribution in [0.3, 0.4) is 0 Å². The fourth-order valence-electron chi connectivity index (χ4n) is 5.47. The van der Waals surface area contributed by atoms with Crippen molar-refractivity contribution in [2.45, 2.75) is 65.3 Å². The van der Waals surface area contributed by atoms with E-state index in [9.17, 15) is 13.6 Å². The van der Waals surface area contributed by atoms with Crippen LogP contribution in [0.1, 0.15) is 61.6 Å². The summed E-state index contributed by atoms with van der Waals surface area (Å²) in [4.78, 5) is 16.5. The minimum atomic E-state index is -2.68. The van der Waals surface area contributed by atoms with Gasteiger partial charge in [-0.1, -0.05) is 11.6 Å². The van der Waals surface area contributed by atoms with Gasteiger partial charge in [-0.25, -0.2) is 13.6 Å². The van der Waals surface area contributed by atoms with Crippen molar-refractivity contribution in [3.05, 3.63) is 63.4 Å². The van der Waals surface area contributed by atoms with Crippen molar-refractivity contribution in [3.63, 3.8) is 0 Å². The number of hydrogen-bond donors (Lipinski definition) is 0. The fourth-order valence-corrected chi connectivity index (χ4v) is 5.70. The molecule has 0 N–H and O–H groups in total. The predicted octanol–water partition coefficient (Wildman–Crippen LogP) is 7.16. The van der Waals surface area contributed by atoms with E-state index in [4.69, 9.17) is 21.1 Å². The second-order valence-electron chi connectivity index (χ2n) is 11.1. The highest BCUT2D eigenvalue weighted by Gasteiger charge is 2.33. The number of aromatic nitrogens is 2. The molecule has 0 saturated heterocycles. The lowest BCUT2D eigenvalue weighted by atomic mass is 9.91. The summed E-state index contributed by atoms with van der Waals surface area (Å²) >= 11 is 6.54. The lowest BCUT2D eigenvalue weighted by molar-refractivity contribution is 0.0242. The first-order chi connectivity index (χ1) is 18.4. The van der Waals surface area contributed by atoms with Crippen LogP contribution in [0, 0.1) is 0 Å². The van der Waals surface area contributed by atoms with E-state index in [1.807, 2.05) is 39.0 Å². The number of carbonyl (C=O) groups excluding carboxylic acids is 1. The maximum absolute atomic E-state index is 14.5. The molecule has 0 aliphatic carbocycles. The van der Waals surface area contributed by atoms with Gasteiger partial charge >= 0.3 is 6.09 Å². The summed E-state index contributed by atoms with van der Waals surface area (Å²) in [6.45, 7) is 7.11. The number of carbonyl (C=O) groups is 1. The monoisotopic (exact) mass is 558 g/mol. The van der Waals surface area contributed by atoms with Gasteiger partial charge in [0.1, 0.15) is 5.60 Å². The van der Waals surface area contributed by atoms with E-state index in [1.54, 1.807) is 36.0 Å². The molecule has 1 aromatic heterocycles. The molecule has 2 aromatic carbocycles. The molecule has 0 saturated carbocycles. The number of rotatable bonds is 5. The summed E-state index contributed by atoms with van der Waals surface area (Å²) in [6.07, 6.45) is 0.285. The Bertz CT molecular complexity index is 1420. The largest absolute Gasteiger partial charge is 0.444 e. The standard InChI is InChI=1S/C29H33ClF2N4O3/c1-29(2,3)39-28(37)35-13-18-9-19(30)11-26(22(18)15-35)36-8-6-7-17-10-20(21(27(31)32)12-25(17)36)23-14-34(4)33-24(23)16-38-5/h9-12,14,27H,6-8,13,15-16H2,1-5H3. The summed E-state index contributed by atoms with van der Waals surface area (Å²) in [7, 11) is 3.33. The van der Waals surface area contributed by atoms with Crippen LogP contribution in [0.25, 0.3) is 11.1 Å². The molecule has 1 amide bonds. The molecule has 0 spiro atoms. The van der Waals surface area contributed by atoms with Gasteiger partial charge < -0.3 is 14.4 Å². The van der Waals surface area contributed by atoms with Crippen molar-refractivity contribution in [2.75, 3.05) is 18.6 Å². The molecule has 0 unspecified atom stereocenters. The third-order valence-electron chi connectivity index (χ3n) is 7.02. The Hall–Kier alpha value is -3.17. The maximum Gasteiger partial charge on any atom is 0.410 e. The minimum absolute atomic E-state index is 0.0555. The maximum atomic E-state index is 14.5. The molecular weight excluding hydrogens is 526 g/mol. The molecule has 0 atom stereocenters. The molecule has 5 rings (SSSR count). The summed E-state index contributed by atoms with van der Waals surface area (Å²) in [5.74, 6) is 0. The van der Waals surface area contributed by atoms with E-state index < -0.39 is 18.1 Å². The molecule has 2 aliphatic rings. The Balaban J connectivity index is 1.57. The summed E-state index contributed by atoms with van der Waals surface area (Å²) in [6, 6.07) is 7.20. The third-order valence-corrected chi connectivity index (χ3v) is 7.24. The van der Waals surface area contributed by atoms with Crippen molar-refractivity contribution < 1.29 is 23.0 Å². The predicted molar refractivity (Wildman–Crippen MR) is 147 cm³/mol. The Morgan fingerprint density at radius 2 is 1.87 bits per heavy atom. The average molecular weight is 559 g/mol. The first kappa shape index (κ1) is 27.4. The SMILES string of the molecule is COCc1nn(C)cc1-c1cc2c(cc1C(F)F)N(c1cc(Cl)cc3c1CN(C(=O)OC(C)(C)C)C3)CCC2. The van der Waals surface area contributed by atoms with Crippen LogP contribution in [0.4, 0.5) is 25.0 Å². The zero-order valence-electron chi connectivity index (χ0n) is 22.9. The quantitative estimate of drug-likeness (QED) is 0.332. The average Bonchev–Trinajstić information content (AvgIpc) is 3.44. The van der Waals surface area contributed by atoms with Crippen LogP contribution in [0.15, 0.2) is 30.5 Å². The topological polar surface area (TPSA) is 59.8 Å². The molecule has 39 heavy (non-hydrogen) atoms. The van der Waals surface area contributed by atoms with Crippen LogP contribution in [0.5, 0.6) is 0 Å². The number of benzene rings is 2. The van der Waals surface area contributed by atoms with Crippen molar-refractivity contribution in [3.8, 4) is 11.1 Å². The fraction of sp³-hybridized carbons (Fsp3) is 0.448. The smallest absolute Gasteiger partial charge is 0.410 e. The third kappa shape index (κ3) is 5.47. The number of alkyl halides is 2. The Morgan fingerprint density at radius 1 is 1.10 bits per heavy atom. The van der Waals surface area contributed by atoms with Gasteiger partial charge in [-0.3, -0.25) is 9.58 Å². The molecule has 10 heteroatoms. The number of halogens is 3. The van der Waals surface area contributed by atoms with Gasteiger partial charge in [0.05, 0.1) is 18.8 Å². The number of aryl methyl sites for hydroxylation is 2. The van der Waals surface area contributed by atoms with E-state index in [0.29, 0.717) is 41.5 Å². The molecule has 0 radical (unpaired) electrons. The van der Waals surface area contributed by atoms with Gasteiger partial charge in [0.25, 0.3) is 6.43 Å². The lowest BCUT2D eigenvalue weighted by Crippen LogP contribution is -2.33. The van der Waals surface area contributed by atoms with Gasteiger partial charge in [-0.2, -0.15) is 5.10 Å². The van der Waals surface area contributed by atoms with E-state index in [0.717, 1.165) is 40.9 Å². The molecule has 208 valence electrons. The summed E-state index contributed by atoms with van der Waals surface area (Å²) < 4.78 is 41.6. The zero-order valence-corrected chi connectivity index (χ0v) is 23.6. The lowest BCUT2D eigenvalue weighted by Gasteiger charge is -2.34. The van der Waals surface area contributed by atoms with Crippen LogP contribution < -0.4 is 4.90 Å². The summed E-state index contributed by atoms with van der Waals surface area (Å²) in [5.41, 5.74) is 5.49. The highest BCUT2D eigenvalue weighted by Crippen LogP contribution is 2.45. The van der Waals surface area contributed by atoms with Gasteiger partial charge in [0, 0.05) is 66.5 Å². The molecule has 0 fully saturated rings. The molecule has 2 aliphatic heterocycles. The highest BCUT2D eigenvalue weighted by molar-refractivity contribution is 6.31. The number of ether oxygens (including phenoxy) is 2. The van der Waals surface area contributed by atoms with Gasteiger partial charge in [-0.15, -0.1) is 0 Å². The first-order valence-corrected chi connectivity index (χ1v) is 13.4. The molecule has 3 heterocycles. The van der Waals surface area contributed by atoms with Gasteiger partial charge in [-0.05, 0) is 74.6 Å². The van der Waals surface area contributed by atoms with Crippen molar-refractivity contribution in [1.29, 1.82) is 0 Å². The molecular formula is C29H33ClF2N4O3. The molecule has 3 aromatic rings. The van der Waals surface area contributed by atoms with E-state index in [1.165, 1.54) is 0 Å². The van der Waals surface area contributed by atoms with Gasteiger partial charge in [0.2, 0.25) is 0 Å². The zero-order chi connectivity index (χ0) is 28.1. The minimum Gasteiger partial charge on any atom is -0.444 e. The summed E-state index contributed by atoms with van der Waals surface area (Å²) in [5, 5.41) is 4.96. The number of nitrogens with zero attached hydrogens (tertiary/aromatic N) is 4.